The second-order valence-corrected chi connectivity index (χ2v) is 5.52. The molecule has 0 bridgehead atoms. The van der Waals surface area contributed by atoms with Crippen molar-refractivity contribution >= 4 is 41.5 Å². The highest BCUT2D eigenvalue weighted by Crippen LogP contribution is 2.22. The van der Waals surface area contributed by atoms with Crippen molar-refractivity contribution in [1.29, 1.82) is 0 Å². The molecule has 1 fully saturated rings. The van der Waals surface area contributed by atoms with E-state index in [0.717, 1.165) is 19.4 Å². The Hall–Kier alpha value is -1.30. The number of benzene rings is 1. The van der Waals surface area contributed by atoms with Crippen LogP contribution in [-0.2, 0) is 4.79 Å². The number of hydrogen-bond acceptors (Lipinski definition) is 3. The number of anilines is 1. The van der Waals surface area contributed by atoms with Crippen LogP contribution in [0.25, 0.3) is 0 Å². The standard InChI is InChI=1S/C15H20ClN3O2.ClH/c1-2-18-15(21)12-6-5-11(16)8-13(12)19-14(20)10-4-3-7-17-9-10;/h5-6,8,10,17H,2-4,7,9H2,1H3,(H,18,21)(H,19,20);1H. The van der Waals surface area contributed by atoms with Crippen LogP contribution in [0.5, 0.6) is 0 Å². The van der Waals surface area contributed by atoms with E-state index < -0.39 is 0 Å². The lowest BCUT2D eigenvalue weighted by Gasteiger charge is -2.22. The van der Waals surface area contributed by atoms with Crippen LogP contribution in [-0.4, -0.2) is 31.4 Å². The van der Waals surface area contributed by atoms with Crippen LogP contribution in [0.3, 0.4) is 0 Å². The maximum absolute atomic E-state index is 12.3. The molecule has 5 nitrogen and oxygen atoms in total. The van der Waals surface area contributed by atoms with E-state index in [2.05, 4.69) is 16.0 Å². The Morgan fingerprint density at radius 1 is 1.41 bits per heavy atom. The molecule has 1 heterocycles. The molecule has 1 aromatic carbocycles. The Morgan fingerprint density at radius 3 is 2.82 bits per heavy atom. The highest BCUT2D eigenvalue weighted by Gasteiger charge is 2.22. The zero-order valence-electron chi connectivity index (χ0n) is 12.4. The SMILES string of the molecule is CCNC(=O)c1ccc(Cl)cc1NC(=O)C1CCCNC1.Cl. The molecular formula is C15H21Cl2N3O2. The Bertz CT molecular complexity index is 532. The van der Waals surface area contributed by atoms with E-state index in [1.807, 2.05) is 6.92 Å². The summed E-state index contributed by atoms with van der Waals surface area (Å²) in [6, 6.07) is 4.88. The predicted octanol–water partition coefficient (Wildman–Crippen LogP) is 2.45. The second-order valence-electron chi connectivity index (χ2n) is 5.08. The topological polar surface area (TPSA) is 70.2 Å². The normalized spacial score (nSPS) is 17.3. The molecule has 22 heavy (non-hydrogen) atoms. The molecule has 1 aliphatic rings. The second kappa shape index (κ2) is 8.98. The van der Waals surface area contributed by atoms with Crippen LogP contribution in [0.15, 0.2) is 18.2 Å². The first-order chi connectivity index (χ1) is 10.1. The van der Waals surface area contributed by atoms with Crippen LogP contribution in [0, 0.1) is 5.92 Å². The van der Waals surface area contributed by atoms with Gasteiger partial charge in [-0.15, -0.1) is 12.4 Å². The zero-order valence-corrected chi connectivity index (χ0v) is 14.0. The van der Waals surface area contributed by atoms with Crippen LogP contribution < -0.4 is 16.0 Å². The molecule has 1 aliphatic heterocycles. The summed E-state index contributed by atoms with van der Waals surface area (Å²) in [5.74, 6) is -0.360. The Balaban J connectivity index is 0.00000242. The smallest absolute Gasteiger partial charge is 0.253 e. The third kappa shape index (κ3) is 4.87. The quantitative estimate of drug-likeness (QED) is 0.784. The molecule has 2 amide bonds. The van der Waals surface area contributed by atoms with Crippen molar-refractivity contribution in [2.24, 2.45) is 5.92 Å². The summed E-state index contributed by atoms with van der Waals surface area (Å²) < 4.78 is 0. The first-order valence-electron chi connectivity index (χ1n) is 7.21. The van der Waals surface area contributed by atoms with E-state index in [9.17, 15) is 9.59 Å². The highest BCUT2D eigenvalue weighted by molar-refractivity contribution is 6.31. The molecule has 0 saturated carbocycles. The van der Waals surface area contributed by atoms with Gasteiger partial charge in [-0.2, -0.15) is 0 Å². The lowest BCUT2D eigenvalue weighted by atomic mass is 9.98. The first kappa shape index (κ1) is 18.7. The van der Waals surface area contributed by atoms with E-state index in [0.29, 0.717) is 29.4 Å². The molecule has 0 aliphatic carbocycles. The van der Waals surface area contributed by atoms with Crippen molar-refractivity contribution in [3.05, 3.63) is 28.8 Å². The summed E-state index contributed by atoms with van der Waals surface area (Å²) in [6.45, 7) is 4.00. The summed E-state index contributed by atoms with van der Waals surface area (Å²) >= 11 is 5.97. The third-order valence-corrected chi connectivity index (χ3v) is 3.72. The van der Waals surface area contributed by atoms with E-state index in [1.165, 1.54) is 0 Å². The summed E-state index contributed by atoms with van der Waals surface area (Å²) in [6.07, 6.45) is 1.84. The number of carbonyl (C=O) groups excluding carboxylic acids is 2. The van der Waals surface area contributed by atoms with Crippen molar-refractivity contribution in [2.75, 3.05) is 25.0 Å². The average Bonchev–Trinajstić information content (AvgIpc) is 2.48. The van der Waals surface area contributed by atoms with Gasteiger partial charge in [0.15, 0.2) is 0 Å². The van der Waals surface area contributed by atoms with Crippen LogP contribution >= 0.6 is 24.0 Å². The first-order valence-corrected chi connectivity index (χ1v) is 7.59. The van der Waals surface area contributed by atoms with Gasteiger partial charge >= 0.3 is 0 Å². The fourth-order valence-electron chi connectivity index (χ4n) is 2.38. The molecule has 122 valence electrons. The summed E-state index contributed by atoms with van der Waals surface area (Å²) in [4.78, 5) is 24.3. The zero-order chi connectivity index (χ0) is 15.2. The summed E-state index contributed by atoms with van der Waals surface area (Å²) in [5, 5.41) is 9.26. The molecule has 1 saturated heterocycles. The number of rotatable bonds is 4. The summed E-state index contributed by atoms with van der Waals surface area (Å²) in [7, 11) is 0. The maximum atomic E-state index is 12.3. The van der Waals surface area contributed by atoms with Gasteiger partial charge in [-0.05, 0) is 44.5 Å². The Morgan fingerprint density at radius 2 is 2.18 bits per heavy atom. The van der Waals surface area contributed by atoms with Gasteiger partial charge in [-0.1, -0.05) is 11.6 Å². The van der Waals surface area contributed by atoms with Gasteiger partial charge in [-0.3, -0.25) is 9.59 Å². The van der Waals surface area contributed by atoms with Crippen molar-refractivity contribution in [1.82, 2.24) is 10.6 Å². The lowest BCUT2D eigenvalue weighted by molar-refractivity contribution is -0.120. The van der Waals surface area contributed by atoms with Crippen LogP contribution in [0.1, 0.15) is 30.1 Å². The van der Waals surface area contributed by atoms with Gasteiger partial charge in [-0.25, -0.2) is 0 Å². The van der Waals surface area contributed by atoms with Gasteiger partial charge in [0, 0.05) is 18.1 Å². The minimum atomic E-state index is -0.216. The fourth-order valence-corrected chi connectivity index (χ4v) is 2.56. The molecule has 1 aromatic rings. The van der Waals surface area contributed by atoms with Gasteiger partial charge < -0.3 is 16.0 Å². The van der Waals surface area contributed by atoms with Crippen molar-refractivity contribution < 1.29 is 9.59 Å². The highest BCUT2D eigenvalue weighted by atomic mass is 35.5. The van der Waals surface area contributed by atoms with Crippen LogP contribution in [0.4, 0.5) is 5.69 Å². The van der Waals surface area contributed by atoms with E-state index in [-0.39, 0.29) is 30.1 Å². The largest absolute Gasteiger partial charge is 0.352 e. The van der Waals surface area contributed by atoms with Gasteiger partial charge in [0.1, 0.15) is 0 Å². The van der Waals surface area contributed by atoms with Crippen molar-refractivity contribution in [3.8, 4) is 0 Å². The minimum Gasteiger partial charge on any atom is -0.352 e. The molecule has 2 rings (SSSR count). The monoisotopic (exact) mass is 345 g/mol. The minimum absolute atomic E-state index is 0. The molecular weight excluding hydrogens is 325 g/mol. The number of piperidine rings is 1. The number of nitrogens with one attached hydrogen (secondary N) is 3. The van der Waals surface area contributed by atoms with Crippen molar-refractivity contribution in [2.45, 2.75) is 19.8 Å². The van der Waals surface area contributed by atoms with E-state index >= 15 is 0 Å². The van der Waals surface area contributed by atoms with Crippen LogP contribution in [0.2, 0.25) is 5.02 Å². The van der Waals surface area contributed by atoms with Crippen molar-refractivity contribution in [3.63, 3.8) is 0 Å². The number of hydrogen-bond donors (Lipinski definition) is 3. The molecule has 1 atom stereocenters. The maximum Gasteiger partial charge on any atom is 0.253 e. The predicted molar refractivity (Wildman–Crippen MR) is 90.9 cm³/mol. The van der Waals surface area contributed by atoms with E-state index in [1.54, 1.807) is 18.2 Å². The third-order valence-electron chi connectivity index (χ3n) is 3.49. The molecule has 0 aromatic heterocycles. The summed E-state index contributed by atoms with van der Waals surface area (Å²) in [5.41, 5.74) is 0.891. The van der Waals surface area contributed by atoms with Gasteiger partial charge in [0.2, 0.25) is 5.91 Å². The average molecular weight is 346 g/mol. The molecule has 7 heteroatoms. The lowest BCUT2D eigenvalue weighted by Crippen LogP contribution is -2.37. The van der Waals surface area contributed by atoms with Gasteiger partial charge in [0.25, 0.3) is 5.91 Å². The Kier molecular flexibility index (Phi) is 7.65. The number of amides is 2. The molecule has 3 N–H and O–H groups in total. The van der Waals surface area contributed by atoms with Gasteiger partial charge in [0.05, 0.1) is 17.2 Å². The number of carbonyl (C=O) groups is 2. The van der Waals surface area contributed by atoms with E-state index in [4.69, 9.17) is 11.6 Å². The Labute approximate surface area is 141 Å². The fraction of sp³-hybridized carbons (Fsp3) is 0.467. The molecule has 1 unspecified atom stereocenters. The number of halogens is 2. The molecule has 0 radical (unpaired) electrons. The molecule has 0 spiro atoms.